The van der Waals surface area contributed by atoms with Crippen molar-refractivity contribution in [1.29, 1.82) is 0 Å². The zero-order valence-electron chi connectivity index (χ0n) is 11.7. The van der Waals surface area contributed by atoms with Crippen LogP contribution in [0.3, 0.4) is 0 Å². The number of hydrogen-bond donors (Lipinski definition) is 1. The topological polar surface area (TPSA) is 111 Å². The van der Waals surface area contributed by atoms with Gasteiger partial charge in [-0.2, -0.15) is 0 Å². The molecule has 0 amide bonds. The average Bonchev–Trinajstić information content (AvgIpc) is 2.35. The van der Waals surface area contributed by atoms with E-state index in [-0.39, 0.29) is 16.7 Å². The van der Waals surface area contributed by atoms with E-state index in [1.807, 2.05) is 20.8 Å². The maximum atomic E-state index is 11.7. The Balaban J connectivity index is 2.95. The van der Waals surface area contributed by atoms with Crippen LogP contribution in [-0.2, 0) is 5.41 Å². The second-order valence-electron chi connectivity index (χ2n) is 5.67. The minimum atomic E-state index is -1.44. The second kappa shape index (κ2) is 4.69. The molecular formula is C14H13NO6. The van der Waals surface area contributed by atoms with Crippen LogP contribution >= 0.6 is 0 Å². The maximum absolute atomic E-state index is 11.7. The van der Waals surface area contributed by atoms with Crippen LogP contribution in [0, 0.1) is 10.1 Å². The van der Waals surface area contributed by atoms with Gasteiger partial charge < -0.3 is 9.52 Å². The highest BCUT2D eigenvalue weighted by atomic mass is 16.6. The molecule has 21 heavy (non-hydrogen) atoms. The molecule has 0 saturated heterocycles. The first-order valence-electron chi connectivity index (χ1n) is 6.11. The first-order valence-corrected chi connectivity index (χ1v) is 6.11. The Labute approximate surface area is 119 Å². The summed E-state index contributed by atoms with van der Waals surface area (Å²) in [4.78, 5) is 33.1. The molecule has 110 valence electrons. The summed E-state index contributed by atoms with van der Waals surface area (Å²) >= 11 is 0. The van der Waals surface area contributed by atoms with E-state index < -0.39 is 27.5 Å². The molecule has 1 aromatic carbocycles. The van der Waals surface area contributed by atoms with Crippen molar-refractivity contribution in [2.75, 3.05) is 0 Å². The Morgan fingerprint density at radius 2 is 1.90 bits per heavy atom. The predicted octanol–water partition coefficient (Wildman–Crippen LogP) is 2.70. The van der Waals surface area contributed by atoms with Crippen molar-refractivity contribution in [2.24, 2.45) is 0 Å². The monoisotopic (exact) mass is 291 g/mol. The summed E-state index contributed by atoms with van der Waals surface area (Å²) < 4.78 is 5.09. The van der Waals surface area contributed by atoms with Crippen molar-refractivity contribution in [3.8, 4) is 0 Å². The van der Waals surface area contributed by atoms with E-state index in [0.29, 0.717) is 5.56 Å². The van der Waals surface area contributed by atoms with E-state index in [4.69, 9.17) is 9.52 Å². The first-order chi connectivity index (χ1) is 9.61. The van der Waals surface area contributed by atoms with Crippen LogP contribution < -0.4 is 5.63 Å². The molecule has 0 atom stereocenters. The summed E-state index contributed by atoms with van der Waals surface area (Å²) in [7, 11) is 0. The van der Waals surface area contributed by atoms with Crippen molar-refractivity contribution in [3.05, 3.63) is 49.9 Å². The number of carboxylic acid groups (broad SMARTS) is 1. The molecule has 0 radical (unpaired) electrons. The predicted molar refractivity (Wildman–Crippen MR) is 74.8 cm³/mol. The fourth-order valence-corrected chi connectivity index (χ4v) is 2.03. The van der Waals surface area contributed by atoms with Gasteiger partial charge in [0.05, 0.1) is 4.92 Å². The molecule has 1 N–H and O–H groups in total. The number of hydrogen-bond acceptors (Lipinski definition) is 5. The minimum Gasteiger partial charge on any atom is -0.477 e. The fourth-order valence-electron chi connectivity index (χ4n) is 2.03. The molecule has 0 aliphatic carbocycles. The third kappa shape index (κ3) is 2.62. The van der Waals surface area contributed by atoms with E-state index in [2.05, 4.69) is 0 Å². The van der Waals surface area contributed by atoms with E-state index in [1.165, 1.54) is 12.1 Å². The summed E-state index contributed by atoms with van der Waals surface area (Å²) in [5.41, 5.74) is -1.58. The van der Waals surface area contributed by atoms with Gasteiger partial charge in [0.15, 0.2) is 0 Å². The Kier molecular flexibility index (Phi) is 3.29. The zero-order chi connectivity index (χ0) is 15.9. The third-order valence-electron chi connectivity index (χ3n) is 3.07. The highest BCUT2D eigenvalue weighted by Gasteiger charge is 2.24. The van der Waals surface area contributed by atoms with Crippen LogP contribution in [0.4, 0.5) is 5.69 Å². The zero-order valence-corrected chi connectivity index (χ0v) is 11.7. The second-order valence-corrected chi connectivity index (χ2v) is 5.67. The average molecular weight is 291 g/mol. The van der Waals surface area contributed by atoms with E-state index in [1.54, 1.807) is 0 Å². The van der Waals surface area contributed by atoms with Crippen molar-refractivity contribution >= 4 is 22.6 Å². The number of nitro benzene ring substituents is 1. The van der Waals surface area contributed by atoms with Gasteiger partial charge in [0.2, 0.25) is 0 Å². The Morgan fingerprint density at radius 1 is 1.29 bits per heavy atom. The molecule has 1 heterocycles. The summed E-state index contributed by atoms with van der Waals surface area (Å²) in [5, 5.41) is 20.2. The largest absolute Gasteiger partial charge is 0.477 e. The quantitative estimate of drug-likeness (QED) is 0.517. The van der Waals surface area contributed by atoms with Gasteiger partial charge in [0.1, 0.15) is 11.1 Å². The number of nitro groups is 1. The molecule has 0 aliphatic heterocycles. The Morgan fingerprint density at radius 3 is 2.38 bits per heavy atom. The lowest BCUT2D eigenvalue weighted by Gasteiger charge is -2.19. The number of fused-ring (bicyclic) bond motifs is 1. The smallest absolute Gasteiger partial charge is 0.351 e. The van der Waals surface area contributed by atoms with Crippen molar-refractivity contribution in [3.63, 3.8) is 0 Å². The van der Waals surface area contributed by atoms with E-state index in [0.717, 1.165) is 6.07 Å². The molecule has 7 heteroatoms. The van der Waals surface area contributed by atoms with Crippen molar-refractivity contribution in [1.82, 2.24) is 0 Å². The summed E-state index contributed by atoms with van der Waals surface area (Å²) in [6, 6.07) is 3.64. The lowest BCUT2D eigenvalue weighted by Crippen LogP contribution is -2.16. The number of nitrogens with zero attached hydrogens (tertiary/aromatic N) is 1. The molecule has 2 aromatic rings. The normalized spacial score (nSPS) is 11.6. The molecule has 7 nitrogen and oxygen atoms in total. The van der Waals surface area contributed by atoms with Gasteiger partial charge in [-0.1, -0.05) is 20.8 Å². The van der Waals surface area contributed by atoms with Crippen LogP contribution in [0.25, 0.3) is 11.0 Å². The maximum Gasteiger partial charge on any atom is 0.351 e. The Hall–Kier alpha value is -2.70. The van der Waals surface area contributed by atoms with Gasteiger partial charge in [-0.25, -0.2) is 9.59 Å². The number of carbonyl (C=O) groups is 1. The lowest BCUT2D eigenvalue weighted by atomic mass is 9.85. The van der Waals surface area contributed by atoms with Crippen LogP contribution in [0.1, 0.15) is 36.7 Å². The lowest BCUT2D eigenvalue weighted by molar-refractivity contribution is -0.384. The number of carboxylic acids is 1. The van der Waals surface area contributed by atoms with Crippen LogP contribution in [-0.4, -0.2) is 16.0 Å². The standard InChI is InChI=1S/C14H13NO6/c1-14(2,3)10-6-8(15(19)20)4-7-5-9(12(16)17)13(18)21-11(7)10/h4-6H,1-3H3,(H,16,17). The number of benzene rings is 1. The molecule has 0 spiro atoms. The van der Waals surface area contributed by atoms with Crippen LogP contribution in [0.15, 0.2) is 27.4 Å². The van der Waals surface area contributed by atoms with Gasteiger partial charge in [0.25, 0.3) is 5.69 Å². The molecule has 0 aliphatic rings. The van der Waals surface area contributed by atoms with Crippen LogP contribution in [0.5, 0.6) is 0 Å². The van der Waals surface area contributed by atoms with Gasteiger partial charge in [-0.3, -0.25) is 10.1 Å². The third-order valence-corrected chi connectivity index (χ3v) is 3.07. The van der Waals surface area contributed by atoms with Gasteiger partial charge in [-0.15, -0.1) is 0 Å². The number of non-ortho nitro benzene ring substituents is 1. The van der Waals surface area contributed by atoms with Crippen molar-refractivity contribution < 1.29 is 19.2 Å². The van der Waals surface area contributed by atoms with Gasteiger partial charge in [0, 0.05) is 23.1 Å². The van der Waals surface area contributed by atoms with Gasteiger partial charge >= 0.3 is 11.6 Å². The molecular weight excluding hydrogens is 278 g/mol. The molecule has 2 rings (SSSR count). The summed E-state index contributed by atoms with van der Waals surface area (Å²) in [6.45, 7) is 5.45. The summed E-state index contributed by atoms with van der Waals surface area (Å²) in [6.07, 6.45) is 0. The highest BCUT2D eigenvalue weighted by Crippen LogP contribution is 2.33. The van der Waals surface area contributed by atoms with E-state index >= 15 is 0 Å². The molecule has 0 bridgehead atoms. The number of rotatable bonds is 2. The van der Waals surface area contributed by atoms with Crippen molar-refractivity contribution in [2.45, 2.75) is 26.2 Å². The minimum absolute atomic E-state index is 0.170. The molecule has 0 fully saturated rings. The fraction of sp³-hybridized carbons (Fsp3) is 0.286. The van der Waals surface area contributed by atoms with E-state index in [9.17, 15) is 19.7 Å². The van der Waals surface area contributed by atoms with Crippen LogP contribution in [0.2, 0.25) is 0 Å². The molecule has 1 aromatic heterocycles. The number of aromatic carboxylic acids is 1. The highest BCUT2D eigenvalue weighted by molar-refractivity contribution is 5.93. The molecule has 0 saturated carbocycles. The Bertz CT molecular complexity index is 813. The summed E-state index contributed by atoms with van der Waals surface area (Å²) in [5.74, 6) is -1.44. The molecule has 0 unspecified atom stereocenters. The van der Waals surface area contributed by atoms with Gasteiger partial charge in [-0.05, 0) is 11.5 Å². The SMILES string of the molecule is CC(C)(C)c1cc([N+](=O)[O-])cc2cc(C(=O)O)c(=O)oc12. The first kappa shape index (κ1) is 14.7.